The zero-order valence-electron chi connectivity index (χ0n) is 14.6. The highest BCUT2D eigenvalue weighted by atomic mass is 16.5. The topological polar surface area (TPSA) is 82.8 Å². The Hall–Kier alpha value is -3.48. The van der Waals surface area contributed by atoms with Crippen LogP contribution in [-0.4, -0.2) is 32.4 Å². The normalized spacial score (nSPS) is 10.3. The summed E-state index contributed by atoms with van der Waals surface area (Å²) in [5, 5.41) is 6.69. The molecule has 26 heavy (non-hydrogen) atoms. The van der Waals surface area contributed by atoms with Gasteiger partial charge < -0.3 is 24.1 Å². The second-order valence-electron chi connectivity index (χ2n) is 5.30. The van der Waals surface area contributed by atoms with Crippen LogP contribution in [-0.2, 0) is 0 Å². The molecular formula is C19H18N2O5. The number of carbonyl (C=O) groups excluding carboxylic acids is 1. The molecule has 0 bridgehead atoms. The second kappa shape index (κ2) is 7.60. The summed E-state index contributed by atoms with van der Waals surface area (Å²) in [6.45, 7) is 0. The van der Waals surface area contributed by atoms with Crippen LogP contribution in [0.4, 0.5) is 5.69 Å². The first-order chi connectivity index (χ1) is 12.7. The second-order valence-corrected chi connectivity index (χ2v) is 5.30. The van der Waals surface area contributed by atoms with Crippen LogP contribution in [0.25, 0.3) is 11.3 Å². The predicted molar refractivity (Wildman–Crippen MR) is 96.0 cm³/mol. The summed E-state index contributed by atoms with van der Waals surface area (Å²) >= 11 is 0. The van der Waals surface area contributed by atoms with E-state index in [0.717, 1.165) is 11.3 Å². The summed E-state index contributed by atoms with van der Waals surface area (Å²) in [7, 11) is 4.63. The third-order valence-corrected chi connectivity index (χ3v) is 3.77. The lowest BCUT2D eigenvalue weighted by atomic mass is 10.1. The Morgan fingerprint density at radius 2 is 1.77 bits per heavy atom. The number of benzene rings is 2. The molecule has 0 unspecified atom stereocenters. The van der Waals surface area contributed by atoms with Crippen molar-refractivity contribution in [2.45, 2.75) is 0 Å². The van der Waals surface area contributed by atoms with Crippen molar-refractivity contribution in [2.75, 3.05) is 26.6 Å². The van der Waals surface area contributed by atoms with Gasteiger partial charge in [0.1, 0.15) is 11.4 Å². The molecule has 0 atom stereocenters. The van der Waals surface area contributed by atoms with Crippen molar-refractivity contribution in [1.82, 2.24) is 5.16 Å². The number of hydrogen-bond acceptors (Lipinski definition) is 6. The Bertz CT molecular complexity index is 903. The van der Waals surface area contributed by atoms with Gasteiger partial charge in [-0.3, -0.25) is 4.79 Å². The van der Waals surface area contributed by atoms with Gasteiger partial charge in [0.15, 0.2) is 11.5 Å². The number of rotatable bonds is 6. The minimum Gasteiger partial charge on any atom is -0.497 e. The van der Waals surface area contributed by atoms with Crippen LogP contribution in [0.1, 0.15) is 10.6 Å². The van der Waals surface area contributed by atoms with Crippen LogP contribution in [0.5, 0.6) is 17.2 Å². The molecule has 0 spiro atoms. The molecule has 1 aromatic heterocycles. The van der Waals surface area contributed by atoms with E-state index in [9.17, 15) is 4.79 Å². The highest BCUT2D eigenvalue weighted by Gasteiger charge is 2.17. The van der Waals surface area contributed by atoms with E-state index in [2.05, 4.69) is 10.5 Å². The third kappa shape index (κ3) is 3.46. The Labute approximate surface area is 150 Å². The fraction of sp³-hybridized carbons (Fsp3) is 0.158. The number of para-hydroxylation sites is 1. The van der Waals surface area contributed by atoms with Crippen molar-refractivity contribution in [1.29, 1.82) is 0 Å². The van der Waals surface area contributed by atoms with Gasteiger partial charge in [-0.1, -0.05) is 11.2 Å². The Morgan fingerprint density at radius 1 is 1.00 bits per heavy atom. The van der Waals surface area contributed by atoms with E-state index in [1.807, 2.05) is 24.3 Å². The van der Waals surface area contributed by atoms with E-state index in [1.54, 1.807) is 31.4 Å². The molecule has 7 nitrogen and oxygen atoms in total. The van der Waals surface area contributed by atoms with Crippen LogP contribution in [0, 0.1) is 0 Å². The van der Waals surface area contributed by atoms with Crippen molar-refractivity contribution in [3.05, 3.63) is 54.3 Å². The molecule has 0 aliphatic carbocycles. The number of ether oxygens (including phenoxy) is 3. The van der Waals surface area contributed by atoms with Crippen molar-refractivity contribution in [3.8, 4) is 28.5 Å². The molecule has 1 N–H and O–H groups in total. The zero-order chi connectivity index (χ0) is 18.5. The van der Waals surface area contributed by atoms with Crippen molar-refractivity contribution < 1.29 is 23.5 Å². The Kier molecular flexibility index (Phi) is 5.07. The molecule has 0 aliphatic heterocycles. The first kappa shape index (κ1) is 17.3. The molecular weight excluding hydrogens is 336 g/mol. The van der Waals surface area contributed by atoms with E-state index in [-0.39, 0.29) is 5.76 Å². The summed E-state index contributed by atoms with van der Waals surface area (Å²) < 4.78 is 20.8. The number of methoxy groups -OCH3 is 3. The SMILES string of the molecule is COc1ccc(-c2cc(C(=O)Nc3cccc(OC)c3OC)on2)cc1. The van der Waals surface area contributed by atoms with E-state index in [1.165, 1.54) is 14.2 Å². The van der Waals surface area contributed by atoms with Crippen LogP contribution >= 0.6 is 0 Å². The highest BCUT2D eigenvalue weighted by molar-refractivity contribution is 6.03. The largest absolute Gasteiger partial charge is 0.497 e. The summed E-state index contributed by atoms with van der Waals surface area (Å²) in [5.74, 6) is 1.32. The van der Waals surface area contributed by atoms with Gasteiger partial charge in [-0.15, -0.1) is 0 Å². The Morgan fingerprint density at radius 3 is 2.42 bits per heavy atom. The molecule has 7 heteroatoms. The number of amides is 1. The lowest BCUT2D eigenvalue weighted by Gasteiger charge is -2.12. The van der Waals surface area contributed by atoms with Gasteiger partial charge in [0.05, 0.1) is 27.0 Å². The molecule has 3 rings (SSSR count). The van der Waals surface area contributed by atoms with Gasteiger partial charge in [-0.25, -0.2) is 0 Å². The van der Waals surface area contributed by atoms with Gasteiger partial charge >= 0.3 is 0 Å². The van der Waals surface area contributed by atoms with Crippen LogP contribution in [0.2, 0.25) is 0 Å². The third-order valence-electron chi connectivity index (χ3n) is 3.77. The summed E-state index contributed by atoms with van der Waals surface area (Å²) in [4.78, 5) is 12.5. The van der Waals surface area contributed by atoms with E-state index < -0.39 is 5.91 Å². The first-order valence-electron chi connectivity index (χ1n) is 7.79. The number of nitrogens with zero attached hydrogens (tertiary/aromatic N) is 1. The smallest absolute Gasteiger partial charge is 0.294 e. The molecule has 3 aromatic rings. The number of hydrogen-bond donors (Lipinski definition) is 1. The highest BCUT2D eigenvalue weighted by Crippen LogP contribution is 2.35. The first-order valence-corrected chi connectivity index (χ1v) is 7.79. The number of anilines is 1. The maximum Gasteiger partial charge on any atom is 0.294 e. The Balaban J connectivity index is 1.80. The number of carbonyl (C=O) groups is 1. The molecule has 134 valence electrons. The van der Waals surface area contributed by atoms with Crippen molar-refractivity contribution >= 4 is 11.6 Å². The maximum atomic E-state index is 12.5. The van der Waals surface area contributed by atoms with Crippen LogP contribution in [0.3, 0.4) is 0 Å². The lowest BCUT2D eigenvalue weighted by molar-refractivity contribution is 0.0987. The quantitative estimate of drug-likeness (QED) is 0.728. The molecule has 0 fully saturated rings. The van der Waals surface area contributed by atoms with Gasteiger partial charge in [0, 0.05) is 11.6 Å². The van der Waals surface area contributed by atoms with Crippen molar-refractivity contribution in [2.24, 2.45) is 0 Å². The number of aromatic nitrogens is 1. The van der Waals surface area contributed by atoms with E-state index in [4.69, 9.17) is 18.7 Å². The standard InChI is InChI=1S/C19H18N2O5/c1-23-13-9-7-12(8-10-13)15-11-17(26-21-15)19(22)20-14-5-4-6-16(24-2)18(14)25-3/h4-11H,1-3H3,(H,20,22). The minimum atomic E-state index is -0.441. The minimum absolute atomic E-state index is 0.0840. The molecule has 0 radical (unpaired) electrons. The molecule has 1 amide bonds. The monoisotopic (exact) mass is 354 g/mol. The zero-order valence-corrected chi connectivity index (χ0v) is 14.6. The summed E-state index contributed by atoms with van der Waals surface area (Å²) in [6.07, 6.45) is 0. The summed E-state index contributed by atoms with van der Waals surface area (Å²) in [5.41, 5.74) is 1.84. The van der Waals surface area contributed by atoms with Crippen LogP contribution < -0.4 is 19.5 Å². The molecule has 2 aromatic carbocycles. The molecule has 0 saturated heterocycles. The fourth-order valence-corrected chi connectivity index (χ4v) is 2.45. The van der Waals surface area contributed by atoms with Gasteiger partial charge in [0.2, 0.25) is 5.76 Å². The number of nitrogens with one attached hydrogen (secondary N) is 1. The van der Waals surface area contributed by atoms with E-state index in [0.29, 0.717) is 22.9 Å². The lowest BCUT2D eigenvalue weighted by Crippen LogP contribution is -2.12. The summed E-state index contributed by atoms with van der Waals surface area (Å²) in [6, 6.07) is 14.1. The van der Waals surface area contributed by atoms with Gasteiger partial charge in [-0.2, -0.15) is 0 Å². The predicted octanol–water partition coefficient (Wildman–Crippen LogP) is 3.62. The van der Waals surface area contributed by atoms with E-state index >= 15 is 0 Å². The van der Waals surface area contributed by atoms with Crippen molar-refractivity contribution in [3.63, 3.8) is 0 Å². The average Bonchev–Trinajstić information content (AvgIpc) is 3.18. The average molecular weight is 354 g/mol. The van der Waals surface area contributed by atoms with Gasteiger partial charge in [-0.05, 0) is 36.4 Å². The molecule has 1 heterocycles. The maximum absolute atomic E-state index is 12.5. The fourth-order valence-electron chi connectivity index (χ4n) is 2.45. The van der Waals surface area contributed by atoms with Gasteiger partial charge in [0.25, 0.3) is 5.91 Å². The molecule has 0 aliphatic rings. The van der Waals surface area contributed by atoms with Crippen LogP contribution in [0.15, 0.2) is 53.1 Å². The molecule has 0 saturated carbocycles.